The molecule has 1 unspecified atom stereocenters. The summed E-state index contributed by atoms with van der Waals surface area (Å²) in [6.45, 7) is 0. The second-order valence-corrected chi connectivity index (χ2v) is 5.80. The van der Waals surface area contributed by atoms with Crippen molar-refractivity contribution in [2.45, 2.75) is 44.6 Å². The molecule has 0 amide bonds. The van der Waals surface area contributed by atoms with E-state index in [4.69, 9.17) is 5.84 Å². The normalized spacial score (nSPS) is 21.6. The highest BCUT2D eigenvalue weighted by Gasteiger charge is 2.15. The molecule has 0 saturated heterocycles. The lowest BCUT2D eigenvalue weighted by Gasteiger charge is -2.22. The van der Waals surface area contributed by atoms with Crippen molar-refractivity contribution in [1.29, 1.82) is 0 Å². The fourth-order valence-corrected chi connectivity index (χ4v) is 2.82. The van der Waals surface area contributed by atoms with E-state index in [-0.39, 0.29) is 6.04 Å². The van der Waals surface area contributed by atoms with Crippen LogP contribution in [0.25, 0.3) is 0 Å². The van der Waals surface area contributed by atoms with Crippen molar-refractivity contribution >= 4 is 15.9 Å². The third-order valence-corrected chi connectivity index (χ3v) is 4.10. The van der Waals surface area contributed by atoms with Crippen LogP contribution in [0, 0.1) is 0 Å². The standard InChI is InChI=1S/C15H21BrN2/c16-14-10-8-13(9-11-14)15(18-17)12-6-4-2-1-3-5-7-12/h6,8-11,15,18H,1-5,7,17H2/b12-6+. The van der Waals surface area contributed by atoms with Gasteiger partial charge in [0.2, 0.25) is 0 Å². The van der Waals surface area contributed by atoms with Crippen LogP contribution in [0.15, 0.2) is 40.4 Å². The Morgan fingerprint density at radius 1 is 1.06 bits per heavy atom. The topological polar surface area (TPSA) is 38.0 Å². The Morgan fingerprint density at radius 2 is 1.78 bits per heavy atom. The second-order valence-electron chi connectivity index (χ2n) is 4.88. The summed E-state index contributed by atoms with van der Waals surface area (Å²) in [6, 6.07) is 8.57. The van der Waals surface area contributed by atoms with Crippen LogP contribution in [0.2, 0.25) is 0 Å². The van der Waals surface area contributed by atoms with Crippen LogP contribution < -0.4 is 11.3 Å². The summed E-state index contributed by atoms with van der Waals surface area (Å²) in [4.78, 5) is 0. The van der Waals surface area contributed by atoms with Gasteiger partial charge < -0.3 is 0 Å². The van der Waals surface area contributed by atoms with Crippen molar-refractivity contribution in [3.8, 4) is 0 Å². The molecule has 2 rings (SSSR count). The Morgan fingerprint density at radius 3 is 2.50 bits per heavy atom. The molecule has 1 aromatic rings. The molecule has 0 spiro atoms. The maximum Gasteiger partial charge on any atom is 0.0670 e. The molecular weight excluding hydrogens is 288 g/mol. The number of halogens is 1. The summed E-state index contributed by atoms with van der Waals surface area (Å²) < 4.78 is 1.11. The lowest BCUT2D eigenvalue weighted by molar-refractivity contribution is 0.555. The number of rotatable bonds is 3. The predicted octanol–water partition coefficient (Wildman–Crippen LogP) is 4.23. The fraction of sp³-hybridized carbons (Fsp3) is 0.467. The van der Waals surface area contributed by atoms with E-state index in [9.17, 15) is 0 Å². The summed E-state index contributed by atoms with van der Waals surface area (Å²) in [7, 11) is 0. The van der Waals surface area contributed by atoms with Gasteiger partial charge in [0.05, 0.1) is 6.04 Å². The van der Waals surface area contributed by atoms with E-state index in [0.717, 1.165) is 10.9 Å². The van der Waals surface area contributed by atoms with Gasteiger partial charge in [-0.05, 0) is 43.4 Å². The summed E-state index contributed by atoms with van der Waals surface area (Å²) in [5, 5.41) is 0. The number of benzene rings is 1. The molecule has 0 aromatic heterocycles. The van der Waals surface area contributed by atoms with Crippen molar-refractivity contribution in [2.75, 3.05) is 0 Å². The molecule has 0 radical (unpaired) electrons. The number of hydrogen-bond donors (Lipinski definition) is 2. The van der Waals surface area contributed by atoms with Gasteiger partial charge in [0.25, 0.3) is 0 Å². The highest BCUT2D eigenvalue weighted by atomic mass is 79.9. The Labute approximate surface area is 118 Å². The summed E-state index contributed by atoms with van der Waals surface area (Å²) in [6.07, 6.45) is 10.0. The van der Waals surface area contributed by atoms with Crippen molar-refractivity contribution in [3.05, 3.63) is 46.0 Å². The molecule has 0 fully saturated rings. The smallest absolute Gasteiger partial charge is 0.0670 e. The molecule has 0 saturated carbocycles. The molecule has 0 heterocycles. The Bertz CT molecular complexity index is 397. The minimum atomic E-state index is 0.163. The Balaban J connectivity index is 2.18. The van der Waals surface area contributed by atoms with E-state index in [0.29, 0.717) is 0 Å². The van der Waals surface area contributed by atoms with Gasteiger partial charge in [-0.25, -0.2) is 5.43 Å². The van der Waals surface area contributed by atoms with Gasteiger partial charge >= 0.3 is 0 Å². The lowest BCUT2D eigenvalue weighted by Crippen LogP contribution is -2.29. The van der Waals surface area contributed by atoms with Crippen LogP contribution in [-0.2, 0) is 0 Å². The van der Waals surface area contributed by atoms with E-state index in [1.165, 1.54) is 43.2 Å². The minimum Gasteiger partial charge on any atom is -0.271 e. The third-order valence-electron chi connectivity index (χ3n) is 3.57. The first-order valence-corrected chi connectivity index (χ1v) is 7.51. The highest BCUT2D eigenvalue weighted by Crippen LogP contribution is 2.28. The quantitative estimate of drug-likeness (QED) is 0.498. The van der Waals surface area contributed by atoms with Gasteiger partial charge in [0.1, 0.15) is 0 Å². The molecule has 3 N–H and O–H groups in total. The molecule has 1 aliphatic carbocycles. The zero-order valence-electron chi connectivity index (χ0n) is 10.7. The van der Waals surface area contributed by atoms with Gasteiger partial charge in [-0.3, -0.25) is 5.84 Å². The molecule has 3 heteroatoms. The zero-order chi connectivity index (χ0) is 12.8. The highest BCUT2D eigenvalue weighted by molar-refractivity contribution is 9.10. The number of nitrogens with two attached hydrogens (primary N) is 1. The summed E-state index contributed by atoms with van der Waals surface area (Å²) >= 11 is 3.47. The molecule has 0 bridgehead atoms. The fourth-order valence-electron chi connectivity index (χ4n) is 2.55. The molecule has 18 heavy (non-hydrogen) atoms. The van der Waals surface area contributed by atoms with Crippen LogP contribution in [0.5, 0.6) is 0 Å². The van der Waals surface area contributed by atoms with Crippen LogP contribution in [0.4, 0.5) is 0 Å². The predicted molar refractivity (Wildman–Crippen MR) is 80.0 cm³/mol. The largest absolute Gasteiger partial charge is 0.271 e. The maximum atomic E-state index is 5.76. The van der Waals surface area contributed by atoms with Crippen molar-refractivity contribution in [1.82, 2.24) is 5.43 Å². The molecule has 1 aliphatic rings. The SMILES string of the molecule is NNC(/C1=C/CCCCCC1)c1ccc(Br)cc1. The molecule has 98 valence electrons. The van der Waals surface area contributed by atoms with Gasteiger partial charge in [-0.2, -0.15) is 0 Å². The van der Waals surface area contributed by atoms with Crippen molar-refractivity contribution in [3.63, 3.8) is 0 Å². The van der Waals surface area contributed by atoms with Crippen molar-refractivity contribution < 1.29 is 0 Å². The average molecular weight is 309 g/mol. The molecule has 2 nitrogen and oxygen atoms in total. The number of hydrogen-bond acceptors (Lipinski definition) is 2. The van der Waals surface area contributed by atoms with Crippen LogP contribution in [0.3, 0.4) is 0 Å². The molecule has 1 aromatic carbocycles. The van der Waals surface area contributed by atoms with Gasteiger partial charge in [-0.15, -0.1) is 0 Å². The van der Waals surface area contributed by atoms with E-state index in [1.54, 1.807) is 0 Å². The van der Waals surface area contributed by atoms with Gasteiger partial charge in [-0.1, -0.05) is 52.6 Å². The van der Waals surface area contributed by atoms with Gasteiger partial charge in [0.15, 0.2) is 0 Å². The van der Waals surface area contributed by atoms with Gasteiger partial charge in [0, 0.05) is 4.47 Å². The second kappa shape index (κ2) is 7.07. The first kappa shape index (κ1) is 13.8. The monoisotopic (exact) mass is 308 g/mol. The maximum absolute atomic E-state index is 5.76. The van der Waals surface area contributed by atoms with Crippen LogP contribution in [0.1, 0.15) is 50.1 Å². The first-order chi connectivity index (χ1) is 8.81. The summed E-state index contributed by atoms with van der Waals surface area (Å²) in [5.41, 5.74) is 5.66. The summed E-state index contributed by atoms with van der Waals surface area (Å²) in [5.74, 6) is 5.76. The van der Waals surface area contributed by atoms with Crippen LogP contribution in [-0.4, -0.2) is 0 Å². The molecule has 1 atom stereocenters. The van der Waals surface area contributed by atoms with E-state index < -0.39 is 0 Å². The van der Waals surface area contributed by atoms with E-state index in [1.807, 2.05) is 0 Å². The average Bonchev–Trinajstić information content (AvgIpc) is 2.34. The Kier molecular flexibility index (Phi) is 5.42. The van der Waals surface area contributed by atoms with E-state index >= 15 is 0 Å². The molecular formula is C15H21BrN2. The third kappa shape index (κ3) is 3.67. The molecule has 0 aliphatic heterocycles. The number of allylic oxidation sites excluding steroid dienone is 1. The van der Waals surface area contributed by atoms with Crippen LogP contribution >= 0.6 is 15.9 Å². The minimum absolute atomic E-state index is 0.163. The van der Waals surface area contributed by atoms with Crippen molar-refractivity contribution in [2.24, 2.45) is 5.84 Å². The number of nitrogens with one attached hydrogen (secondary N) is 1. The lowest BCUT2D eigenvalue weighted by atomic mass is 9.91. The first-order valence-electron chi connectivity index (χ1n) is 6.72. The Hall–Kier alpha value is -0.640. The van der Waals surface area contributed by atoms with E-state index in [2.05, 4.69) is 51.7 Å². The number of hydrazine groups is 1. The zero-order valence-corrected chi connectivity index (χ0v) is 12.2.